The second-order valence-electron chi connectivity index (χ2n) is 5.75. The molecule has 1 aliphatic rings. The summed E-state index contributed by atoms with van der Waals surface area (Å²) in [7, 11) is 0. The van der Waals surface area contributed by atoms with Crippen LogP contribution in [0.25, 0.3) is 11.2 Å². The maximum atomic E-state index is 12.6. The number of nitrogens with zero attached hydrogens (tertiary/aromatic N) is 4. The summed E-state index contributed by atoms with van der Waals surface area (Å²) in [4.78, 5) is 17.5. The summed E-state index contributed by atoms with van der Waals surface area (Å²) in [6.45, 7) is -1.45. The number of benzene rings is 1. The van der Waals surface area contributed by atoms with E-state index in [4.69, 9.17) is 0 Å². The highest BCUT2D eigenvalue weighted by atomic mass is 19.3. The van der Waals surface area contributed by atoms with E-state index in [2.05, 4.69) is 30.0 Å². The summed E-state index contributed by atoms with van der Waals surface area (Å²) in [6.07, 6.45) is 3.88. The minimum absolute atomic E-state index is 0.126. The van der Waals surface area contributed by atoms with Gasteiger partial charge in [0.25, 0.3) is 0 Å². The lowest BCUT2D eigenvalue weighted by Crippen LogP contribution is -2.27. The molecule has 2 aromatic heterocycles. The second kappa shape index (κ2) is 6.50. The van der Waals surface area contributed by atoms with E-state index in [1.165, 1.54) is 6.33 Å². The van der Waals surface area contributed by atoms with Crippen molar-refractivity contribution in [2.45, 2.75) is 19.1 Å². The number of fused-ring (bicyclic) bond motifs is 1. The zero-order valence-corrected chi connectivity index (χ0v) is 13.2. The lowest BCUT2D eigenvalue weighted by Gasteiger charge is -2.22. The van der Waals surface area contributed by atoms with Gasteiger partial charge in [-0.2, -0.15) is 8.78 Å². The van der Waals surface area contributed by atoms with Gasteiger partial charge in [0.1, 0.15) is 17.6 Å². The average molecular weight is 346 g/mol. The van der Waals surface area contributed by atoms with Crippen molar-refractivity contribution in [3.8, 4) is 5.75 Å². The zero-order valence-electron chi connectivity index (χ0n) is 13.2. The van der Waals surface area contributed by atoms with Crippen LogP contribution in [0, 0.1) is 0 Å². The number of para-hydroxylation sites is 2. The molecule has 130 valence electrons. The smallest absolute Gasteiger partial charge is 0.387 e. The lowest BCUT2D eigenvalue weighted by atomic mass is 10.2. The molecule has 1 aliphatic heterocycles. The molecule has 0 radical (unpaired) electrons. The summed E-state index contributed by atoms with van der Waals surface area (Å²) in [5, 5.41) is 3.38. The first-order valence-corrected chi connectivity index (χ1v) is 7.90. The van der Waals surface area contributed by atoms with Crippen LogP contribution < -0.4 is 15.0 Å². The Balaban J connectivity index is 1.50. The largest absolute Gasteiger partial charge is 0.433 e. The minimum atomic E-state index is -2.84. The SMILES string of the molecule is FC(F)Oc1ccccc1N1CC[C@H](Nc2ncnc3nc[nH]c23)C1. The average Bonchev–Trinajstić information content (AvgIpc) is 3.24. The second-order valence-corrected chi connectivity index (χ2v) is 5.75. The highest BCUT2D eigenvalue weighted by Crippen LogP contribution is 2.32. The van der Waals surface area contributed by atoms with Crippen LogP contribution in [0.2, 0.25) is 0 Å². The van der Waals surface area contributed by atoms with Gasteiger partial charge in [0.05, 0.1) is 12.0 Å². The highest BCUT2D eigenvalue weighted by Gasteiger charge is 2.26. The number of alkyl halides is 2. The number of anilines is 2. The van der Waals surface area contributed by atoms with Crippen LogP contribution in [0.5, 0.6) is 5.75 Å². The number of nitrogens with one attached hydrogen (secondary N) is 2. The molecule has 0 amide bonds. The molecule has 4 rings (SSSR count). The van der Waals surface area contributed by atoms with Gasteiger partial charge >= 0.3 is 6.61 Å². The quantitative estimate of drug-likeness (QED) is 0.739. The third-order valence-corrected chi connectivity index (χ3v) is 4.17. The van der Waals surface area contributed by atoms with Crippen molar-refractivity contribution in [3.63, 3.8) is 0 Å². The molecule has 0 spiro atoms. The van der Waals surface area contributed by atoms with Gasteiger partial charge in [-0.05, 0) is 18.6 Å². The maximum Gasteiger partial charge on any atom is 0.387 e. The van der Waals surface area contributed by atoms with Crippen LogP contribution in [0.4, 0.5) is 20.3 Å². The zero-order chi connectivity index (χ0) is 17.2. The Morgan fingerprint density at radius 2 is 2.12 bits per heavy atom. The Hall–Kier alpha value is -2.97. The van der Waals surface area contributed by atoms with Crippen molar-refractivity contribution in [1.82, 2.24) is 19.9 Å². The van der Waals surface area contributed by atoms with Gasteiger partial charge in [0, 0.05) is 19.1 Å². The fraction of sp³-hybridized carbons (Fsp3) is 0.312. The van der Waals surface area contributed by atoms with Crippen LogP contribution in [0.1, 0.15) is 6.42 Å². The number of imidazole rings is 1. The molecule has 0 saturated carbocycles. The highest BCUT2D eigenvalue weighted by molar-refractivity contribution is 5.82. The molecule has 1 saturated heterocycles. The van der Waals surface area contributed by atoms with E-state index in [9.17, 15) is 8.78 Å². The molecule has 7 nitrogen and oxygen atoms in total. The van der Waals surface area contributed by atoms with E-state index in [-0.39, 0.29) is 11.8 Å². The summed E-state index contributed by atoms with van der Waals surface area (Å²) < 4.78 is 29.8. The van der Waals surface area contributed by atoms with E-state index >= 15 is 0 Å². The molecular formula is C16H16F2N6O. The molecular weight excluding hydrogens is 330 g/mol. The summed E-state index contributed by atoms with van der Waals surface area (Å²) in [5.74, 6) is 0.877. The van der Waals surface area contributed by atoms with Gasteiger partial charge in [-0.25, -0.2) is 15.0 Å². The fourth-order valence-corrected chi connectivity index (χ4v) is 3.08. The number of hydrogen-bond donors (Lipinski definition) is 2. The normalized spacial score (nSPS) is 17.4. The molecule has 3 heterocycles. The van der Waals surface area contributed by atoms with Gasteiger partial charge in [0.15, 0.2) is 11.5 Å². The first kappa shape index (κ1) is 15.6. The molecule has 0 bridgehead atoms. The Morgan fingerprint density at radius 1 is 1.24 bits per heavy atom. The van der Waals surface area contributed by atoms with E-state index < -0.39 is 6.61 Å². The van der Waals surface area contributed by atoms with Gasteiger partial charge in [-0.1, -0.05) is 12.1 Å². The Morgan fingerprint density at radius 3 is 3.00 bits per heavy atom. The van der Waals surface area contributed by atoms with Crippen molar-refractivity contribution in [2.75, 3.05) is 23.3 Å². The molecule has 0 aliphatic carbocycles. The summed E-state index contributed by atoms with van der Waals surface area (Å²) in [5.41, 5.74) is 2.02. The minimum Gasteiger partial charge on any atom is -0.433 e. The monoisotopic (exact) mass is 346 g/mol. The van der Waals surface area contributed by atoms with Crippen molar-refractivity contribution < 1.29 is 13.5 Å². The van der Waals surface area contributed by atoms with Gasteiger partial charge < -0.3 is 19.9 Å². The van der Waals surface area contributed by atoms with E-state index in [0.29, 0.717) is 23.7 Å². The Bertz CT molecular complexity index is 870. The first-order chi connectivity index (χ1) is 12.2. The molecule has 1 aromatic carbocycles. The van der Waals surface area contributed by atoms with Crippen LogP contribution in [-0.2, 0) is 0 Å². The van der Waals surface area contributed by atoms with Crippen molar-refractivity contribution in [2.24, 2.45) is 0 Å². The van der Waals surface area contributed by atoms with Gasteiger partial charge in [-0.15, -0.1) is 0 Å². The van der Waals surface area contributed by atoms with Crippen molar-refractivity contribution in [3.05, 3.63) is 36.9 Å². The number of halogens is 2. The van der Waals surface area contributed by atoms with E-state index in [0.717, 1.165) is 18.5 Å². The molecule has 25 heavy (non-hydrogen) atoms. The number of hydrogen-bond acceptors (Lipinski definition) is 6. The summed E-state index contributed by atoms with van der Waals surface area (Å²) in [6, 6.07) is 6.97. The number of ether oxygens (including phenoxy) is 1. The van der Waals surface area contributed by atoms with E-state index in [1.54, 1.807) is 24.5 Å². The Kier molecular flexibility index (Phi) is 4.04. The van der Waals surface area contributed by atoms with Crippen molar-refractivity contribution >= 4 is 22.7 Å². The fourth-order valence-electron chi connectivity index (χ4n) is 3.08. The standard InChI is InChI=1S/C16H16F2N6O/c17-16(18)25-12-4-2-1-3-11(12)24-6-5-10(7-24)23-15-13-14(20-8-19-13)21-9-22-15/h1-4,8-10,16H,5-7H2,(H2,19,20,21,22,23)/t10-/m0/s1. The van der Waals surface area contributed by atoms with Crippen molar-refractivity contribution in [1.29, 1.82) is 0 Å². The molecule has 1 fully saturated rings. The maximum absolute atomic E-state index is 12.6. The third kappa shape index (κ3) is 3.17. The topological polar surface area (TPSA) is 79.0 Å². The Labute approximate surface area is 142 Å². The van der Waals surface area contributed by atoms with Crippen LogP contribution in [0.15, 0.2) is 36.9 Å². The molecule has 0 unspecified atom stereocenters. The molecule has 1 atom stereocenters. The van der Waals surface area contributed by atoms with Crippen LogP contribution in [0.3, 0.4) is 0 Å². The first-order valence-electron chi connectivity index (χ1n) is 7.90. The lowest BCUT2D eigenvalue weighted by molar-refractivity contribution is -0.0495. The van der Waals surface area contributed by atoms with Gasteiger partial charge in [-0.3, -0.25) is 0 Å². The predicted molar refractivity (Wildman–Crippen MR) is 89.0 cm³/mol. The number of rotatable bonds is 5. The predicted octanol–water partition coefficient (Wildman–Crippen LogP) is 2.65. The number of H-pyrrole nitrogens is 1. The van der Waals surface area contributed by atoms with Crippen LogP contribution >= 0.6 is 0 Å². The summed E-state index contributed by atoms with van der Waals surface area (Å²) >= 11 is 0. The molecule has 2 N–H and O–H groups in total. The number of aromatic nitrogens is 4. The van der Waals surface area contributed by atoms with Gasteiger partial charge in [0.2, 0.25) is 0 Å². The van der Waals surface area contributed by atoms with Crippen LogP contribution in [-0.4, -0.2) is 45.7 Å². The number of aromatic amines is 1. The van der Waals surface area contributed by atoms with E-state index in [1.807, 2.05) is 11.0 Å². The third-order valence-electron chi connectivity index (χ3n) is 4.17. The molecule has 9 heteroatoms. The molecule has 3 aromatic rings.